The van der Waals surface area contributed by atoms with E-state index in [1.807, 2.05) is 0 Å². The molecule has 1 unspecified atom stereocenters. The number of ether oxygens (including phenoxy) is 2. The lowest BCUT2D eigenvalue weighted by atomic mass is 10.2. The molecule has 7 heteroatoms. The molecule has 0 heterocycles. The number of carbonyl (C=O) groups excluding carboxylic acids is 2. The third-order valence-corrected chi connectivity index (χ3v) is 2.52. The Kier molecular flexibility index (Phi) is 5.64. The fourth-order valence-corrected chi connectivity index (χ4v) is 1.54. The standard InChI is InChI=1S/C13H15NO6/c1-3-11(13(16)19-4-2)20-12-6-5-10(14(17)18)7-9(12)8-15/h5-8,11H,3-4H2,1-2H3. The fourth-order valence-electron chi connectivity index (χ4n) is 1.54. The monoisotopic (exact) mass is 281 g/mol. The van der Waals surface area contributed by atoms with Gasteiger partial charge in [0.15, 0.2) is 12.4 Å². The van der Waals surface area contributed by atoms with E-state index in [0.29, 0.717) is 12.7 Å². The summed E-state index contributed by atoms with van der Waals surface area (Å²) in [6, 6.07) is 3.60. The summed E-state index contributed by atoms with van der Waals surface area (Å²) in [5.41, 5.74) is -0.203. The normalized spacial score (nSPS) is 11.5. The van der Waals surface area contributed by atoms with Crippen LogP contribution in [0.4, 0.5) is 5.69 Å². The molecule has 1 atom stereocenters. The Balaban J connectivity index is 2.98. The van der Waals surface area contributed by atoms with E-state index in [1.54, 1.807) is 13.8 Å². The zero-order chi connectivity index (χ0) is 15.1. The number of aldehydes is 1. The van der Waals surface area contributed by atoms with E-state index in [9.17, 15) is 19.7 Å². The van der Waals surface area contributed by atoms with E-state index in [0.717, 1.165) is 6.07 Å². The third-order valence-electron chi connectivity index (χ3n) is 2.52. The molecule has 0 aromatic heterocycles. The maximum Gasteiger partial charge on any atom is 0.347 e. The number of hydrogen-bond donors (Lipinski definition) is 0. The van der Waals surface area contributed by atoms with Crippen LogP contribution in [0.25, 0.3) is 0 Å². The van der Waals surface area contributed by atoms with Gasteiger partial charge in [0.25, 0.3) is 5.69 Å². The van der Waals surface area contributed by atoms with Gasteiger partial charge in [0.05, 0.1) is 17.1 Å². The SMILES string of the molecule is CCOC(=O)C(CC)Oc1ccc([N+](=O)[O-])cc1C=O. The highest BCUT2D eigenvalue weighted by atomic mass is 16.6. The van der Waals surface area contributed by atoms with Crippen molar-refractivity contribution in [3.05, 3.63) is 33.9 Å². The summed E-state index contributed by atoms with van der Waals surface area (Å²) in [7, 11) is 0. The van der Waals surface area contributed by atoms with Crippen LogP contribution in [0.2, 0.25) is 0 Å². The van der Waals surface area contributed by atoms with Crippen molar-refractivity contribution in [2.24, 2.45) is 0 Å². The molecule has 0 saturated heterocycles. The Morgan fingerprint density at radius 3 is 2.65 bits per heavy atom. The zero-order valence-corrected chi connectivity index (χ0v) is 11.2. The van der Waals surface area contributed by atoms with E-state index < -0.39 is 17.0 Å². The quantitative estimate of drug-likeness (QED) is 0.329. The number of nitrogens with zero attached hydrogens (tertiary/aromatic N) is 1. The molecule has 1 aromatic carbocycles. The summed E-state index contributed by atoms with van der Waals surface area (Å²) in [5.74, 6) is -0.421. The van der Waals surface area contributed by atoms with Crippen LogP contribution in [0.15, 0.2) is 18.2 Å². The molecule has 0 aliphatic rings. The average Bonchev–Trinajstić information content (AvgIpc) is 2.44. The van der Waals surface area contributed by atoms with Crippen molar-refractivity contribution in [3.8, 4) is 5.75 Å². The van der Waals surface area contributed by atoms with Gasteiger partial charge < -0.3 is 9.47 Å². The van der Waals surface area contributed by atoms with Gasteiger partial charge in [-0.25, -0.2) is 4.79 Å². The molecule has 0 radical (unpaired) electrons. The first kappa shape index (κ1) is 15.6. The van der Waals surface area contributed by atoms with Gasteiger partial charge in [0, 0.05) is 12.1 Å². The molecular formula is C13H15NO6. The topological polar surface area (TPSA) is 95.7 Å². The van der Waals surface area contributed by atoms with Crippen molar-refractivity contribution in [3.63, 3.8) is 0 Å². The summed E-state index contributed by atoms with van der Waals surface area (Å²) in [5, 5.41) is 10.6. The first-order valence-corrected chi connectivity index (χ1v) is 6.10. The zero-order valence-electron chi connectivity index (χ0n) is 11.2. The summed E-state index contributed by atoms with van der Waals surface area (Å²) in [4.78, 5) is 32.6. The highest BCUT2D eigenvalue weighted by Gasteiger charge is 2.21. The Hall–Kier alpha value is -2.44. The van der Waals surface area contributed by atoms with Crippen molar-refractivity contribution < 1.29 is 24.0 Å². The van der Waals surface area contributed by atoms with Crippen molar-refractivity contribution >= 4 is 17.9 Å². The van der Waals surface area contributed by atoms with Crippen LogP contribution in [0, 0.1) is 10.1 Å². The van der Waals surface area contributed by atoms with Gasteiger partial charge in [0.1, 0.15) is 5.75 Å². The second-order valence-corrected chi connectivity index (χ2v) is 3.86. The highest BCUT2D eigenvalue weighted by molar-refractivity contribution is 5.81. The summed E-state index contributed by atoms with van der Waals surface area (Å²) in [6.07, 6.45) is -0.0518. The van der Waals surface area contributed by atoms with E-state index in [2.05, 4.69) is 0 Å². The van der Waals surface area contributed by atoms with Crippen LogP contribution in [-0.2, 0) is 9.53 Å². The van der Waals surface area contributed by atoms with E-state index in [1.165, 1.54) is 12.1 Å². The van der Waals surface area contributed by atoms with Crippen molar-refractivity contribution in [1.29, 1.82) is 0 Å². The Labute approximate surface area is 115 Å². The molecule has 7 nitrogen and oxygen atoms in total. The molecule has 1 rings (SSSR count). The molecule has 108 valence electrons. The molecular weight excluding hydrogens is 266 g/mol. The Morgan fingerprint density at radius 1 is 1.45 bits per heavy atom. The molecule has 0 aliphatic heterocycles. The maximum atomic E-state index is 11.6. The van der Waals surface area contributed by atoms with Gasteiger partial charge in [-0.3, -0.25) is 14.9 Å². The predicted octanol–water partition coefficient (Wildman–Crippen LogP) is 2.13. The van der Waals surface area contributed by atoms with Crippen LogP contribution in [-0.4, -0.2) is 29.9 Å². The summed E-state index contributed by atoms with van der Waals surface area (Å²) < 4.78 is 10.2. The van der Waals surface area contributed by atoms with Crippen LogP contribution in [0.1, 0.15) is 30.6 Å². The molecule has 0 amide bonds. The van der Waals surface area contributed by atoms with Crippen LogP contribution < -0.4 is 4.74 Å². The number of hydrogen-bond acceptors (Lipinski definition) is 6. The minimum absolute atomic E-state index is 0.0157. The average molecular weight is 281 g/mol. The molecule has 1 aromatic rings. The number of esters is 1. The molecule has 0 fully saturated rings. The lowest BCUT2D eigenvalue weighted by molar-refractivity contribution is -0.384. The second kappa shape index (κ2) is 7.22. The summed E-state index contributed by atoms with van der Waals surface area (Å²) in [6.45, 7) is 3.63. The minimum atomic E-state index is -0.852. The lowest BCUT2D eigenvalue weighted by Crippen LogP contribution is -2.29. The van der Waals surface area contributed by atoms with Crippen molar-refractivity contribution in [2.75, 3.05) is 6.61 Å². The molecule has 0 saturated carbocycles. The first-order chi connectivity index (χ1) is 9.53. The van der Waals surface area contributed by atoms with Crippen LogP contribution in [0.3, 0.4) is 0 Å². The van der Waals surface area contributed by atoms with Gasteiger partial charge in [-0.2, -0.15) is 0 Å². The van der Waals surface area contributed by atoms with Gasteiger partial charge in [-0.15, -0.1) is 0 Å². The van der Waals surface area contributed by atoms with Gasteiger partial charge in [-0.1, -0.05) is 6.92 Å². The predicted molar refractivity (Wildman–Crippen MR) is 69.8 cm³/mol. The molecule has 0 aliphatic carbocycles. The van der Waals surface area contributed by atoms with Crippen molar-refractivity contribution in [1.82, 2.24) is 0 Å². The second-order valence-electron chi connectivity index (χ2n) is 3.86. The van der Waals surface area contributed by atoms with E-state index in [4.69, 9.17) is 9.47 Å². The summed E-state index contributed by atoms with van der Waals surface area (Å²) >= 11 is 0. The number of nitro groups is 1. The number of nitro benzene ring substituents is 1. The smallest absolute Gasteiger partial charge is 0.347 e. The molecule has 20 heavy (non-hydrogen) atoms. The molecule has 0 spiro atoms. The van der Waals surface area contributed by atoms with Gasteiger partial charge in [-0.05, 0) is 19.4 Å². The van der Waals surface area contributed by atoms with Gasteiger partial charge in [0.2, 0.25) is 0 Å². The number of rotatable bonds is 7. The van der Waals surface area contributed by atoms with E-state index >= 15 is 0 Å². The lowest BCUT2D eigenvalue weighted by Gasteiger charge is -2.16. The minimum Gasteiger partial charge on any atom is -0.478 e. The molecule has 0 N–H and O–H groups in total. The van der Waals surface area contributed by atoms with Crippen LogP contribution >= 0.6 is 0 Å². The fraction of sp³-hybridized carbons (Fsp3) is 0.385. The Morgan fingerprint density at radius 2 is 2.15 bits per heavy atom. The van der Waals surface area contributed by atoms with Crippen LogP contribution in [0.5, 0.6) is 5.75 Å². The largest absolute Gasteiger partial charge is 0.478 e. The number of carbonyl (C=O) groups is 2. The van der Waals surface area contributed by atoms with Crippen molar-refractivity contribution in [2.45, 2.75) is 26.4 Å². The van der Waals surface area contributed by atoms with Gasteiger partial charge >= 0.3 is 5.97 Å². The van der Waals surface area contributed by atoms with E-state index in [-0.39, 0.29) is 23.6 Å². The maximum absolute atomic E-state index is 11.6. The number of benzene rings is 1. The molecule has 0 bridgehead atoms. The first-order valence-electron chi connectivity index (χ1n) is 6.10. The highest BCUT2D eigenvalue weighted by Crippen LogP contribution is 2.24. The third kappa shape index (κ3) is 3.78. The number of non-ortho nitro benzene ring substituents is 1. The Bertz CT molecular complexity index is 514.